The van der Waals surface area contributed by atoms with Crippen LogP contribution in [0.5, 0.6) is 11.5 Å². The molecule has 1 unspecified atom stereocenters. The first-order valence-corrected chi connectivity index (χ1v) is 10.3. The van der Waals surface area contributed by atoms with Gasteiger partial charge in [0.2, 0.25) is 24.5 Å². The third-order valence-corrected chi connectivity index (χ3v) is 5.47. The van der Waals surface area contributed by atoms with Crippen molar-refractivity contribution >= 4 is 23.4 Å². The van der Waals surface area contributed by atoms with Gasteiger partial charge >= 0.3 is 0 Å². The molecule has 2 aliphatic rings. The highest BCUT2D eigenvalue weighted by Gasteiger charge is 2.36. The first-order chi connectivity index (χ1) is 15.0. The van der Waals surface area contributed by atoms with Gasteiger partial charge in [-0.05, 0) is 31.0 Å². The van der Waals surface area contributed by atoms with Gasteiger partial charge in [-0.15, -0.1) is 0 Å². The highest BCUT2D eigenvalue weighted by molar-refractivity contribution is 6.01. The Morgan fingerprint density at radius 1 is 1.13 bits per heavy atom. The topological polar surface area (TPSA) is 97.0 Å². The number of hydrogen-bond donors (Lipinski definition) is 2. The molecule has 2 heterocycles. The number of amides is 3. The van der Waals surface area contributed by atoms with Crippen LogP contribution in [-0.2, 0) is 20.8 Å². The Labute approximate surface area is 180 Å². The van der Waals surface area contributed by atoms with E-state index in [0.717, 1.165) is 12.0 Å². The van der Waals surface area contributed by atoms with Crippen LogP contribution in [0, 0.1) is 5.92 Å². The molecule has 1 saturated heterocycles. The maximum Gasteiger partial charge on any atom is 0.242 e. The minimum atomic E-state index is -0.682. The minimum absolute atomic E-state index is 0.0998. The standard InChI is InChI=1S/C23H25N3O5/c1-15(22(28)24-10-9-16-5-3-2-4-6-16)25-23(29)17-11-21(27)26(13-17)18-7-8-19-20(12-18)31-14-30-19/h2-8,12,15,17H,9-11,13-14H2,1H3,(H,24,28)(H,25,29)/t15-,17?/m0/s1. The Hall–Kier alpha value is -3.55. The summed E-state index contributed by atoms with van der Waals surface area (Å²) in [6.45, 7) is 2.54. The SMILES string of the molecule is C[C@H](NC(=O)C1CC(=O)N(c2ccc3c(c2)OCO3)C1)C(=O)NCCc1ccccc1. The zero-order valence-corrected chi connectivity index (χ0v) is 17.3. The third-order valence-electron chi connectivity index (χ3n) is 5.47. The molecule has 0 radical (unpaired) electrons. The lowest BCUT2D eigenvalue weighted by Gasteiger charge is -2.18. The van der Waals surface area contributed by atoms with Crippen molar-refractivity contribution in [1.29, 1.82) is 0 Å². The zero-order chi connectivity index (χ0) is 21.8. The molecule has 162 valence electrons. The van der Waals surface area contributed by atoms with E-state index in [1.54, 1.807) is 30.0 Å². The molecule has 2 aliphatic heterocycles. The Balaban J connectivity index is 1.27. The summed E-state index contributed by atoms with van der Waals surface area (Å²) in [5.74, 6) is 0.01000. The van der Waals surface area contributed by atoms with Crippen molar-refractivity contribution in [2.75, 3.05) is 24.8 Å². The molecule has 0 spiro atoms. The molecule has 8 heteroatoms. The molecular weight excluding hydrogens is 398 g/mol. The molecule has 0 aromatic heterocycles. The van der Waals surface area contributed by atoms with E-state index in [1.807, 2.05) is 30.3 Å². The lowest BCUT2D eigenvalue weighted by atomic mass is 10.1. The van der Waals surface area contributed by atoms with E-state index in [9.17, 15) is 14.4 Å². The van der Waals surface area contributed by atoms with Gasteiger partial charge in [0.05, 0.1) is 5.92 Å². The van der Waals surface area contributed by atoms with Crippen molar-refractivity contribution in [2.24, 2.45) is 5.92 Å². The number of rotatable bonds is 7. The van der Waals surface area contributed by atoms with Crippen molar-refractivity contribution in [3.05, 3.63) is 54.1 Å². The smallest absolute Gasteiger partial charge is 0.242 e. The highest BCUT2D eigenvalue weighted by atomic mass is 16.7. The molecule has 31 heavy (non-hydrogen) atoms. The summed E-state index contributed by atoms with van der Waals surface area (Å²) in [5.41, 5.74) is 1.80. The van der Waals surface area contributed by atoms with E-state index in [-0.39, 0.29) is 37.5 Å². The fourth-order valence-corrected chi connectivity index (χ4v) is 3.71. The van der Waals surface area contributed by atoms with E-state index in [2.05, 4.69) is 10.6 Å². The number of carbonyl (C=O) groups is 3. The summed E-state index contributed by atoms with van der Waals surface area (Å²) >= 11 is 0. The summed E-state index contributed by atoms with van der Waals surface area (Å²) in [7, 11) is 0. The fraction of sp³-hybridized carbons (Fsp3) is 0.348. The maximum absolute atomic E-state index is 12.7. The molecule has 0 saturated carbocycles. The molecule has 1 fully saturated rings. The summed E-state index contributed by atoms with van der Waals surface area (Å²) in [6, 6.07) is 14.4. The number of hydrogen-bond acceptors (Lipinski definition) is 5. The summed E-state index contributed by atoms with van der Waals surface area (Å²) in [4.78, 5) is 39.0. The van der Waals surface area contributed by atoms with Crippen LogP contribution in [0.4, 0.5) is 5.69 Å². The lowest BCUT2D eigenvalue weighted by molar-refractivity contribution is -0.130. The normalized spacial score (nSPS) is 18.0. The quantitative estimate of drug-likeness (QED) is 0.706. The predicted octanol–water partition coefficient (Wildman–Crippen LogP) is 1.63. The van der Waals surface area contributed by atoms with E-state index in [4.69, 9.17) is 9.47 Å². The molecule has 2 aromatic carbocycles. The second-order valence-corrected chi connectivity index (χ2v) is 7.70. The second-order valence-electron chi connectivity index (χ2n) is 7.70. The van der Waals surface area contributed by atoms with E-state index in [1.165, 1.54) is 0 Å². The Bertz CT molecular complexity index is 978. The monoisotopic (exact) mass is 423 g/mol. The second kappa shape index (κ2) is 9.07. The van der Waals surface area contributed by atoms with E-state index < -0.39 is 12.0 Å². The van der Waals surface area contributed by atoms with Gasteiger partial charge in [0.25, 0.3) is 0 Å². The number of carbonyl (C=O) groups excluding carboxylic acids is 3. The number of nitrogens with one attached hydrogen (secondary N) is 2. The average Bonchev–Trinajstić information content (AvgIpc) is 3.40. The average molecular weight is 423 g/mol. The van der Waals surface area contributed by atoms with Crippen molar-refractivity contribution < 1.29 is 23.9 Å². The Morgan fingerprint density at radius 3 is 2.71 bits per heavy atom. The highest BCUT2D eigenvalue weighted by Crippen LogP contribution is 2.37. The van der Waals surface area contributed by atoms with Gasteiger partial charge in [-0.3, -0.25) is 14.4 Å². The molecule has 8 nitrogen and oxygen atoms in total. The molecule has 3 amide bonds. The molecule has 0 bridgehead atoms. The van der Waals surface area contributed by atoms with Crippen molar-refractivity contribution in [2.45, 2.75) is 25.8 Å². The zero-order valence-electron chi connectivity index (χ0n) is 17.3. The van der Waals surface area contributed by atoms with E-state index in [0.29, 0.717) is 23.7 Å². The molecule has 2 N–H and O–H groups in total. The number of anilines is 1. The van der Waals surface area contributed by atoms with Gasteiger partial charge in [0, 0.05) is 31.3 Å². The number of benzene rings is 2. The Kier molecular flexibility index (Phi) is 6.06. The summed E-state index contributed by atoms with van der Waals surface area (Å²) in [6.07, 6.45) is 0.817. The minimum Gasteiger partial charge on any atom is -0.454 e. The van der Waals surface area contributed by atoms with Crippen LogP contribution in [-0.4, -0.2) is 43.6 Å². The van der Waals surface area contributed by atoms with Gasteiger partial charge in [-0.2, -0.15) is 0 Å². The number of nitrogens with zero attached hydrogens (tertiary/aromatic N) is 1. The molecule has 2 atom stereocenters. The van der Waals surface area contributed by atoms with E-state index >= 15 is 0 Å². The third kappa shape index (κ3) is 4.79. The summed E-state index contributed by atoms with van der Waals surface area (Å²) < 4.78 is 10.7. The van der Waals surface area contributed by atoms with Crippen LogP contribution in [0.1, 0.15) is 18.9 Å². The summed E-state index contributed by atoms with van der Waals surface area (Å²) in [5, 5.41) is 5.57. The molecule has 2 aromatic rings. The maximum atomic E-state index is 12.7. The van der Waals surface area contributed by atoms with Gasteiger partial charge in [0.15, 0.2) is 11.5 Å². The van der Waals surface area contributed by atoms with Gasteiger partial charge < -0.3 is 25.0 Å². The number of ether oxygens (including phenoxy) is 2. The van der Waals surface area contributed by atoms with Crippen LogP contribution in [0.15, 0.2) is 48.5 Å². The largest absolute Gasteiger partial charge is 0.454 e. The first-order valence-electron chi connectivity index (χ1n) is 10.3. The van der Waals surface area contributed by atoms with Crippen LogP contribution in [0.2, 0.25) is 0 Å². The van der Waals surface area contributed by atoms with Crippen LogP contribution < -0.4 is 25.0 Å². The van der Waals surface area contributed by atoms with Crippen LogP contribution >= 0.6 is 0 Å². The van der Waals surface area contributed by atoms with Crippen molar-refractivity contribution in [3.8, 4) is 11.5 Å². The molecular formula is C23H25N3O5. The van der Waals surface area contributed by atoms with Crippen molar-refractivity contribution in [1.82, 2.24) is 10.6 Å². The molecule has 4 rings (SSSR count). The van der Waals surface area contributed by atoms with Gasteiger partial charge in [0.1, 0.15) is 6.04 Å². The van der Waals surface area contributed by atoms with Gasteiger partial charge in [-0.1, -0.05) is 30.3 Å². The Morgan fingerprint density at radius 2 is 1.90 bits per heavy atom. The predicted molar refractivity (Wildman–Crippen MR) is 114 cm³/mol. The molecule has 0 aliphatic carbocycles. The lowest BCUT2D eigenvalue weighted by Crippen LogP contribution is -2.47. The van der Waals surface area contributed by atoms with Crippen molar-refractivity contribution in [3.63, 3.8) is 0 Å². The van der Waals surface area contributed by atoms with Crippen LogP contribution in [0.3, 0.4) is 0 Å². The fourth-order valence-electron chi connectivity index (χ4n) is 3.71. The number of fused-ring (bicyclic) bond motifs is 1. The first kappa shape index (κ1) is 20.7. The van der Waals surface area contributed by atoms with Crippen LogP contribution in [0.25, 0.3) is 0 Å². The van der Waals surface area contributed by atoms with Gasteiger partial charge in [-0.25, -0.2) is 0 Å².